The minimum absolute atomic E-state index is 0.0198. The fourth-order valence-electron chi connectivity index (χ4n) is 5.69. The van der Waals surface area contributed by atoms with Gasteiger partial charge in [0, 0.05) is 19.0 Å². The molecule has 0 spiro atoms. The summed E-state index contributed by atoms with van der Waals surface area (Å²) in [5, 5.41) is 76.1. The van der Waals surface area contributed by atoms with Crippen molar-refractivity contribution in [3.05, 3.63) is 0 Å². The lowest BCUT2D eigenvalue weighted by Gasteiger charge is -2.49. The van der Waals surface area contributed by atoms with E-state index in [9.17, 15) is 40.5 Å². The number of Topliss-reactive ketones (excluding diaryl/α,β-unsaturated/α-hetero) is 1. The van der Waals surface area contributed by atoms with Gasteiger partial charge in [0.1, 0.15) is 54.9 Å². The molecule has 2 aliphatic heterocycles. The number of rotatable bonds is 13. The zero-order chi connectivity index (χ0) is 31.3. The van der Waals surface area contributed by atoms with Crippen molar-refractivity contribution in [2.75, 3.05) is 26.2 Å². The van der Waals surface area contributed by atoms with Crippen molar-refractivity contribution in [2.45, 2.75) is 118 Å². The minimum Gasteiger partial charge on any atom is -0.394 e. The summed E-state index contributed by atoms with van der Waals surface area (Å²) in [7, 11) is 0. The van der Waals surface area contributed by atoms with Gasteiger partial charge >= 0.3 is 0 Å². The number of aliphatic hydroxyl groups is 7. The Morgan fingerprint density at radius 1 is 0.905 bits per heavy atom. The summed E-state index contributed by atoms with van der Waals surface area (Å²) in [6.07, 6.45) is -16.3. The first-order chi connectivity index (χ1) is 19.9. The molecule has 0 bridgehead atoms. The van der Waals surface area contributed by atoms with E-state index < -0.39 is 110 Å². The Morgan fingerprint density at radius 2 is 1.55 bits per heavy atom. The average Bonchev–Trinajstić information content (AvgIpc) is 2.96. The van der Waals surface area contributed by atoms with Crippen LogP contribution in [0.1, 0.15) is 26.2 Å². The van der Waals surface area contributed by atoms with Crippen molar-refractivity contribution in [3.8, 4) is 0 Å². The lowest BCUT2D eigenvalue weighted by atomic mass is 9.76. The molecule has 0 radical (unpaired) electrons. The Kier molecular flexibility index (Phi) is 13.4. The molecule has 3 fully saturated rings. The quantitative estimate of drug-likeness (QED) is 0.0920. The molecule has 16 atom stereocenters. The van der Waals surface area contributed by atoms with Crippen molar-refractivity contribution >= 4 is 5.78 Å². The molecule has 2 heterocycles. The first-order valence-electron chi connectivity index (χ1n) is 14.4. The van der Waals surface area contributed by atoms with Crippen LogP contribution in [-0.4, -0.2) is 160 Å². The van der Waals surface area contributed by atoms with E-state index in [0.29, 0.717) is 6.54 Å². The maximum Gasteiger partial charge on any atom is 0.186 e. The second kappa shape index (κ2) is 15.8. The van der Waals surface area contributed by atoms with Crippen molar-refractivity contribution in [1.82, 2.24) is 5.32 Å². The number of carbonyl (C=O) groups is 1. The zero-order valence-electron chi connectivity index (χ0n) is 23.7. The second-order valence-electron chi connectivity index (χ2n) is 11.3. The van der Waals surface area contributed by atoms with Crippen molar-refractivity contribution in [2.24, 2.45) is 28.9 Å². The van der Waals surface area contributed by atoms with Crippen LogP contribution in [0.5, 0.6) is 0 Å². The van der Waals surface area contributed by atoms with E-state index in [0.717, 1.165) is 0 Å². The molecule has 0 amide bonds. The molecule has 0 aromatic rings. The fourth-order valence-corrected chi connectivity index (χ4v) is 5.69. The van der Waals surface area contributed by atoms with Crippen molar-refractivity contribution in [3.63, 3.8) is 0 Å². The average molecular weight is 612 g/mol. The van der Waals surface area contributed by atoms with Gasteiger partial charge in [-0.15, -0.1) is 0 Å². The molecule has 0 aromatic heterocycles. The van der Waals surface area contributed by atoms with Gasteiger partial charge in [-0.3, -0.25) is 4.79 Å². The normalized spacial score (nSPS) is 45.5. The second-order valence-corrected chi connectivity index (χ2v) is 11.3. The molecule has 3 aliphatic rings. The van der Waals surface area contributed by atoms with Gasteiger partial charge < -0.3 is 82.9 Å². The third-order valence-corrected chi connectivity index (χ3v) is 8.27. The predicted molar refractivity (Wildman–Crippen MR) is 144 cm³/mol. The molecular formula is C25H49N5O12. The van der Waals surface area contributed by atoms with Crippen LogP contribution < -0.4 is 28.3 Å². The number of nitrogens with one attached hydrogen (secondary N) is 1. The highest BCUT2D eigenvalue weighted by Gasteiger charge is 2.52. The van der Waals surface area contributed by atoms with Crippen LogP contribution in [0.4, 0.5) is 0 Å². The lowest BCUT2D eigenvalue weighted by molar-refractivity contribution is -0.323. The Hall–Kier alpha value is -0.970. The van der Waals surface area contributed by atoms with Gasteiger partial charge in [0.2, 0.25) is 0 Å². The predicted octanol–water partition coefficient (Wildman–Crippen LogP) is -6.72. The van der Waals surface area contributed by atoms with Crippen molar-refractivity contribution in [1.29, 1.82) is 0 Å². The van der Waals surface area contributed by atoms with Gasteiger partial charge in [0.25, 0.3) is 0 Å². The van der Waals surface area contributed by atoms with Crippen LogP contribution in [0.2, 0.25) is 0 Å². The SMILES string of the molecule is CCNC[C@H]1O[C@H](OC2[C@@H](N)C[C@@H](CC(=O)[C@@H](O)CCN)[C@H](O[C@H]3O[C@H](CO)[C@@H](O)[C@H](N)[C@H]3O)[C@H]2O)[C@H](N)[C@@H](O)[C@@H]1O. The highest BCUT2D eigenvalue weighted by atomic mass is 16.7. The molecule has 0 aromatic carbocycles. The number of nitrogens with two attached hydrogens (primary N) is 4. The number of likely N-dealkylation sites (N-methyl/N-ethyl adjacent to an activating group) is 1. The first-order valence-corrected chi connectivity index (χ1v) is 14.4. The monoisotopic (exact) mass is 611 g/mol. The summed E-state index contributed by atoms with van der Waals surface area (Å²) in [6.45, 7) is 2.02. The number of hydrogen-bond donors (Lipinski definition) is 12. The van der Waals surface area contributed by atoms with Crippen molar-refractivity contribution < 1.29 is 59.5 Å². The van der Waals surface area contributed by atoms with E-state index in [4.69, 9.17) is 41.9 Å². The number of ether oxygens (including phenoxy) is 4. The van der Waals surface area contributed by atoms with Crippen LogP contribution in [0, 0.1) is 5.92 Å². The van der Waals surface area contributed by atoms with Crippen LogP contribution in [0.15, 0.2) is 0 Å². The molecule has 17 heteroatoms. The Morgan fingerprint density at radius 3 is 2.17 bits per heavy atom. The molecule has 2 saturated heterocycles. The van der Waals surface area contributed by atoms with Gasteiger partial charge in [-0.1, -0.05) is 6.92 Å². The summed E-state index contributed by atoms with van der Waals surface area (Å²) >= 11 is 0. The van der Waals surface area contributed by atoms with Gasteiger partial charge in [0.15, 0.2) is 18.4 Å². The lowest BCUT2D eigenvalue weighted by Crippen LogP contribution is -2.67. The number of hydrogen-bond acceptors (Lipinski definition) is 17. The van der Waals surface area contributed by atoms with Gasteiger partial charge in [0.05, 0.1) is 24.8 Å². The van der Waals surface area contributed by atoms with E-state index >= 15 is 0 Å². The number of aliphatic hydroxyl groups excluding tert-OH is 7. The summed E-state index contributed by atoms with van der Waals surface area (Å²) in [6, 6.07) is -3.39. The van der Waals surface area contributed by atoms with Crippen LogP contribution >= 0.6 is 0 Å². The highest BCUT2D eigenvalue weighted by molar-refractivity contribution is 5.83. The van der Waals surface area contributed by atoms with Gasteiger partial charge in [-0.2, -0.15) is 0 Å². The summed E-state index contributed by atoms with van der Waals surface area (Å²) < 4.78 is 23.3. The molecule has 17 nitrogen and oxygen atoms in total. The molecule has 1 aliphatic carbocycles. The number of ketones is 1. The molecule has 3 rings (SSSR count). The van der Waals surface area contributed by atoms with E-state index in [1.54, 1.807) is 0 Å². The largest absolute Gasteiger partial charge is 0.394 e. The smallest absolute Gasteiger partial charge is 0.186 e. The highest BCUT2D eigenvalue weighted by Crippen LogP contribution is 2.36. The van der Waals surface area contributed by atoms with Gasteiger partial charge in [-0.05, 0) is 31.8 Å². The third kappa shape index (κ3) is 7.99. The molecule has 16 N–H and O–H groups in total. The van der Waals surface area contributed by atoms with E-state index in [2.05, 4.69) is 5.32 Å². The van der Waals surface area contributed by atoms with Crippen LogP contribution in [-0.2, 0) is 23.7 Å². The topological polar surface area (TPSA) is 312 Å². The molecule has 42 heavy (non-hydrogen) atoms. The Labute approximate surface area is 244 Å². The van der Waals surface area contributed by atoms with E-state index in [1.165, 1.54) is 0 Å². The first kappa shape index (κ1) is 35.5. The van der Waals surface area contributed by atoms with Gasteiger partial charge in [-0.25, -0.2) is 0 Å². The maximum absolute atomic E-state index is 12.8. The minimum atomic E-state index is -1.59. The van der Waals surface area contributed by atoms with Crippen LogP contribution in [0.3, 0.4) is 0 Å². The summed E-state index contributed by atoms with van der Waals surface area (Å²) in [4.78, 5) is 12.8. The molecular weight excluding hydrogens is 562 g/mol. The number of carbonyl (C=O) groups excluding carboxylic acids is 1. The maximum atomic E-state index is 12.8. The Balaban J connectivity index is 1.84. The molecule has 246 valence electrons. The van der Waals surface area contributed by atoms with E-state index in [1.807, 2.05) is 6.92 Å². The fraction of sp³-hybridized carbons (Fsp3) is 0.960. The molecule has 1 unspecified atom stereocenters. The molecule has 1 saturated carbocycles. The standard InChI is InChI=1S/C25H49N5O12/c1-2-30-7-13-18(35)19(36)16(29)24(39-13)42-23-10(27)5-9(6-12(33)11(32)3-4-26)22(21(23)38)41-25-20(37)15(28)17(34)14(8-31)40-25/h9-11,13-25,30-32,34-38H,2-8,26-29H2,1H3/t9-,10-,11-,13+,14+,15-,16+,17+,18+,19+,20+,21+,22-,23?,24+,25+/m0/s1. The zero-order valence-corrected chi connectivity index (χ0v) is 23.7. The summed E-state index contributed by atoms with van der Waals surface area (Å²) in [5.74, 6) is -1.37. The van der Waals surface area contributed by atoms with E-state index in [-0.39, 0.29) is 32.4 Å². The third-order valence-electron chi connectivity index (χ3n) is 8.27. The van der Waals surface area contributed by atoms with Crippen LogP contribution in [0.25, 0.3) is 0 Å². The Bertz CT molecular complexity index is 848. The summed E-state index contributed by atoms with van der Waals surface area (Å²) in [5.41, 5.74) is 23.9.